The van der Waals surface area contributed by atoms with E-state index in [2.05, 4.69) is 5.16 Å². The number of hydrogen-bond acceptors (Lipinski definition) is 3. The van der Waals surface area contributed by atoms with Gasteiger partial charge in [-0.3, -0.25) is 4.79 Å². The van der Waals surface area contributed by atoms with Crippen LogP contribution in [-0.2, 0) is 0 Å². The van der Waals surface area contributed by atoms with E-state index in [-0.39, 0.29) is 5.78 Å². The topological polar surface area (TPSA) is 43.1 Å². The minimum atomic E-state index is 0.0434. The molecule has 1 aromatic heterocycles. The molecule has 0 spiro atoms. The molecule has 0 N–H and O–H groups in total. The predicted octanol–water partition coefficient (Wildman–Crippen LogP) is 4.07. The smallest absolute Gasteiger partial charge is 0.194 e. The van der Waals surface area contributed by atoms with E-state index in [1.165, 1.54) is 0 Å². The van der Waals surface area contributed by atoms with Crippen molar-refractivity contribution < 1.29 is 9.32 Å². The highest BCUT2D eigenvalue weighted by Crippen LogP contribution is 2.38. The van der Waals surface area contributed by atoms with Crippen LogP contribution in [0.1, 0.15) is 29.8 Å². The van der Waals surface area contributed by atoms with Crippen molar-refractivity contribution in [1.29, 1.82) is 0 Å². The Labute approximate surface area is 110 Å². The van der Waals surface area contributed by atoms with E-state index in [0.29, 0.717) is 16.7 Å². The third-order valence-corrected chi connectivity index (χ3v) is 3.17. The van der Waals surface area contributed by atoms with E-state index in [0.717, 1.165) is 16.6 Å². The summed E-state index contributed by atoms with van der Waals surface area (Å²) in [5.74, 6) is 0.0434. The first kappa shape index (κ1) is 11.7. The van der Waals surface area contributed by atoms with Gasteiger partial charge in [0.15, 0.2) is 11.4 Å². The van der Waals surface area contributed by atoms with Crippen LogP contribution in [0.15, 0.2) is 47.0 Å². The number of aromatic nitrogens is 1. The van der Waals surface area contributed by atoms with E-state index in [4.69, 9.17) is 4.52 Å². The zero-order valence-corrected chi connectivity index (χ0v) is 10.8. The maximum Gasteiger partial charge on any atom is 0.194 e. The molecule has 0 aliphatic heterocycles. The minimum Gasteiger partial charge on any atom is -0.356 e. The lowest BCUT2D eigenvalue weighted by Gasteiger charge is -2.12. The fourth-order valence-electron chi connectivity index (χ4n) is 2.40. The number of carbonyl (C=O) groups is 1. The molecule has 2 aromatic carbocycles. The molecule has 19 heavy (non-hydrogen) atoms. The van der Waals surface area contributed by atoms with Gasteiger partial charge in [-0.05, 0) is 6.07 Å². The van der Waals surface area contributed by atoms with Crippen molar-refractivity contribution in [3.05, 3.63) is 53.6 Å². The lowest BCUT2D eigenvalue weighted by Crippen LogP contribution is -2.08. The van der Waals surface area contributed by atoms with Gasteiger partial charge in [0.05, 0.1) is 5.39 Å². The summed E-state index contributed by atoms with van der Waals surface area (Å²) in [5.41, 5.74) is 3.67. The number of ketones is 1. The first-order chi connectivity index (χ1) is 9.36. The standard InChI is InChI=1S/C14H7NO2.C2H6/c16-14-9-5-2-1-4-8(9)13-12-10(14)6-3-7-11(12)17-15-13;1-2/h1-7H;1-2H3. The molecule has 1 aliphatic carbocycles. The highest BCUT2D eigenvalue weighted by molar-refractivity contribution is 6.24. The summed E-state index contributed by atoms with van der Waals surface area (Å²) >= 11 is 0. The maximum absolute atomic E-state index is 12.3. The minimum absolute atomic E-state index is 0.0434. The molecule has 0 radical (unpaired) electrons. The van der Waals surface area contributed by atoms with Crippen LogP contribution in [0, 0.1) is 0 Å². The maximum atomic E-state index is 12.3. The molecule has 3 heteroatoms. The van der Waals surface area contributed by atoms with E-state index in [1.54, 1.807) is 0 Å². The Balaban J connectivity index is 0.000000528. The molecule has 0 bridgehead atoms. The van der Waals surface area contributed by atoms with Gasteiger partial charge >= 0.3 is 0 Å². The van der Waals surface area contributed by atoms with Crippen LogP contribution in [0.4, 0.5) is 0 Å². The number of carbonyl (C=O) groups excluding carboxylic acids is 1. The molecule has 3 nitrogen and oxygen atoms in total. The average Bonchev–Trinajstić information content (AvgIpc) is 2.92. The number of rotatable bonds is 0. The summed E-state index contributed by atoms with van der Waals surface area (Å²) in [7, 11) is 0. The van der Waals surface area contributed by atoms with Crippen molar-refractivity contribution in [2.45, 2.75) is 13.8 Å². The molecule has 4 rings (SSSR count). The van der Waals surface area contributed by atoms with Crippen LogP contribution < -0.4 is 0 Å². The average molecular weight is 251 g/mol. The molecule has 94 valence electrons. The third kappa shape index (κ3) is 1.51. The van der Waals surface area contributed by atoms with Gasteiger partial charge in [-0.2, -0.15) is 0 Å². The van der Waals surface area contributed by atoms with Crippen LogP contribution in [0.3, 0.4) is 0 Å². The Morgan fingerprint density at radius 1 is 0.895 bits per heavy atom. The fraction of sp³-hybridized carbons (Fsp3) is 0.125. The summed E-state index contributed by atoms with van der Waals surface area (Å²) in [6.07, 6.45) is 0. The quantitative estimate of drug-likeness (QED) is 0.473. The highest BCUT2D eigenvalue weighted by atomic mass is 16.5. The molecule has 0 saturated heterocycles. The van der Waals surface area contributed by atoms with E-state index in [9.17, 15) is 4.79 Å². The molecule has 0 fully saturated rings. The Morgan fingerprint density at radius 3 is 2.37 bits per heavy atom. The van der Waals surface area contributed by atoms with Crippen LogP contribution in [0.2, 0.25) is 0 Å². The molecule has 0 saturated carbocycles. The molecule has 1 aliphatic rings. The van der Waals surface area contributed by atoms with Crippen molar-refractivity contribution in [3.8, 4) is 11.3 Å². The summed E-state index contributed by atoms with van der Waals surface area (Å²) < 4.78 is 5.26. The van der Waals surface area contributed by atoms with Crippen molar-refractivity contribution in [1.82, 2.24) is 5.16 Å². The van der Waals surface area contributed by atoms with Crippen LogP contribution >= 0.6 is 0 Å². The van der Waals surface area contributed by atoms with E-state index < -0.39 is 0 Å². The van der Waals surface area contributed by atoms with Gasteiger partial charge in [-0.1, -0.05) is 55.4 Å². The fourth-order valence-corrected chi connectivity index (χ4v) is 2.40. The largest absolute Gasteiger partial charge is 0.356 e. The Morgan fingerprint density at radius 2 is 1.58 bits per heavy atom. The van der Waals surface area contributed by atoms with Gasteiger partial charge in [0.25, 0.3) is 0 Å². The molecule has 0 amide bonds. The number of fused-ring (bicyclic) bond motifs is 2. The van der Waals surface area contributed by atoms with E-state index in [1.807, 2.05) is 56.3 Å². The van der Waals surface area contributed by atoms with Gasteiger partial charge < -0.3 is 4.52 Å². The van der Waals surface area contributed by atoms with Crippen molar-refractivity contribution >= 4 is 16.8 Å². The van der Waals surface area contributed by atoms with Gasteiger partial charge in [-0.25, -0.2) is 0 Å². The lowest BCUT2D eigenvalue weighted by molar-refractivity contribution is 0.104. The molecular formula is C16H13NO2. The van der Waals surface area contributed by atoms with Crippen molar-refractivity contribution in [2.24, 2.45) is 0 Å². The molecule has 3 aromatic rings. The lowest BCUT2D eigenvalue weighted by atomic mass is 9.88. The van der Waals surface area contributed by atoms with Gasteiger partial charge in [0.2, 0.25) is 0 Å². The zero-order chi connectivity index (χ0) is 13.4. The normalized spacial score (nSPS) is 11.8. The monoisotopic (exact) mass is 251 g/mol. The molecular weight excluding hydrogens is 238 g/mol. The second-order valence-corrected chi connectivity index (χ2v) is 4.08. The zero-order valence-electron chi connectivity index (χ0n) is 10.8. The van der Waals surface area contributed by atoms with E-state index >= 15 is 0 Å². The van der Waals surface area contributed by atoms with Crippen molar-refractivity contribution in [3.63, 3.8) is 0 Å². The number of hydrogen-bond donors (Lipinski definition) is 0. The van der Waals surface area contributed by atoms with Gasteiger partial charge in [0.1, 0.15) is 5.69 Å². The van der Waals surface area contributed by atoms with Crippen LogP contribution in [-0.4, -0.2) is 10.9 Å². The Hall–Kier alpha value is -2.42. The summed E-state index contributed by atoms with van der Waals surface area (Å²) in [4.78, 5) is 12.3. The molecule has 0 unspecified atom stereocenters. The van der Waals surface area contributed by atoms with Gasteiger partial charge in [-0.15, -0.1) is 0 Å². The summed E-state index contributed by atoms with van der Waals surface area (Å²) in [6, 6.07) is 13.0. The van der Waals surface area contributed by atoms with Crippen LogP contribution in [0.5, 0.6) is 0 Å². The summed E-state index contributed by atoms with van der Waals surface area (Å²) in [5, 5.41) is 4.90. The SMILES string of the molecule is CC.O=C1c2ccccc2-c2noc3cccc1c23. The Bertz CT molecular complexity index is 771. The second-order valence-electron chi connectivity index (χ2n) is 4.08. The third-order valence-electron chi connectivity index (χ3n) is 3.17. The van der Waals surface area contributed by atoms with Crippen molar-refractivity contribution in [2.75, 3.05) is 0 Å². The highest BCUT2D eigenvalue weighted by Gasteiger charge is 2.27. The van der Waals surface area contributed by atoms with Crippen LogP contribution in [0.25, 0.3) is 22.2 Å². The summed E-state index contributed by atoms with van der Waals surface area (Å²) in [6.45, 7) is 4.00. The van der Waals surface area contributed by atoms with Gasteiger partial charge in [0, 0.05) is 16.7 Å². The second kappa shape index (κ2) is 4.35. The Kier molecular flexibility index (Phi) is 2.67. The molecule has 0 atom stereocenters. The number of benzene rings is 2. The first-order valence-electron chi connectivity index (χ1n) is 6.39. The molecule has 1 heterocycles. The predicted molar refractivity (Wildman–Crippen MR) is 74.2 cm³/mol. The first-order valence-corrected chi connectivity index (χ1v) is 6.39. The number of nitrogens with zero attached hydrogens (tertiary/aromatic N) is 1.